The lowest BCUT2D eigenvalue weighted by atomic mass is 10.2. The second kappa shape index (κ2) is 7.22. The summed E-state index contributed by atoms with van der Waals surface area (Å²) in [5, 5.41) is 4.99. The van der Waals surface area contributed by atoms with Crippen molar-refractivity contribution in [2.75, 3.05) is 13.2 Å². The van der Waals surface area contributed by atoms with Crippen molar-refractivity contribution in [3.8, 4) is 11.5 Å². The number of esters is 1. The van der Waals surface area contributed by atoms with Crippen LogP contribution in [0.15, 0.2) is 39.7 Å². The van der Waals surface area contributed by atoms with Crippen LogP contribution in [0.4, 0.5) is 4.39 Å². The smallest absolute Gasteiger partial charge is 0.341 e. The molecule has 2 aromatic carbocycles. The van der Waals surface area contributed by atoms with Crippen molar-refractivity contribution < 1.29 is 31.8 Å². The first kappa shape index (κ1) is 18.6. The average Bonchev–Trinajstić information content (AvgIpc) is 2.59. The fourth-order valence-corrected chi connectivity index (χ4v) is 3.25. The Morgan fingerprint density at radius 3 is 2.50 bits per heavy atom. The largest absolute Gasteiger partial charge is 0.486 e. The highest BCUT2D eigenvalue weighted by atomic mass is 79.9. The summed E-state index contributed by atoms with van der Waals surface area (Å²) < 4.78 is 53.2. The van der Waals surface area contributed by atoms with Crippen molar-refractivity contribution in [3.63, 3.8) is 0 Å². The number of hydrogen-bond acceptors (Lipinski definition) is 6. The Labute approximate surface area is 157 Å². The molecule has 1 heterocycles. The van der Waals surface area contributed by atoms with E-state index in [1.54, 1.807) is 12.1 Å². The molecule has 0 amide bonds. The second-order valence-electron chi connectivity index (χ2n) is 5.35. The number of halogens is 2. The van der Waals surface area contributed by atoms with Gasteiger partial charge in [-0.15, -0.1) is 0 Å². The number of fused-ring (bicyclic) bond motifs is 1. The Hall–Kier alpha value is -2.17. The highest BCUT2D eigenvalue weighted by molar-refractivity contribution is 9.10. The summed E-state index contributed by atoms with van der Waals surface area (Å²) in [7, 11) is -4.07. The molecular weight excluding hydrogens is 433 g/mol. The number of ether oxygens (including phenoxy) is 3. The zero-order valence-electron chi connectivity index (χ0n) is 13.2. The molecule has 0 saturated carbocycles. The fourth-order valence-electron chi connectivity index (χ4n) is 2.28. The van der Waals surface area contributed by atoms with E-state index in [1.165, 1.54) is 0 Å². The van der Waals surface area contributed by atoms with E-state index in [2.05, 4.69) is 15.9 Å². The van der Waals surface area contributed by atoms with Crippen LogP contribution in [0.5, 0.6) is 11.5 Å². The van der Waals surface area contributed by atoms with Gasteiger partial charge in [0.05, 0.1) is 10.5 Å². The van der Waals surface area contributed by atoms with Gasteiger partial charge in [-0.3, -0.25) is 0 Å². The average molecular weight is 446 g/mol. The molecule has 138 valence electrons. The Balaban J connectivity index is 1.79. The minimum absolute atomic E-state index is 0.185. The van der Waals surface area contributed by atoms with Gasteiger partial charge in [0.15, 0.2) is 11.5 Å². The highest BCUT2D eigenvalue weighted by Gasteiger charge is 2.20. The maximum atomic E-state index is 13.9. The van der Waals surface area contributed by atoms with Crippen molar-refractivity contribution >= 4 is 31.9 Å². The third kappa shape index (κ3) is 3.97. The van der Waals surface area contributed by atoms with Crippen molar-refractivity contribution in [2.24, 2.45) is 5.14 Å². The third-order valence-electron chi connectivity index (χ3n) is 3.56. The predicted octanol–water partition coefficient (Wildman–Crippen LogP) is 2.36. The van der Waals surface area contributed by atoms with E-state index >= 15 is 0 Å². The normalized spacial score (nSPS) is 13.3. The van der Waals surface area contributed by atoms with Gasteiger partial charge in [0.25, 0.3) is 0 Å². The molecule has 0 spiro atoms. The zero-order valence-corrected chi connectivity index (χ0v) is 15.6. The lowest BCUT2D eigenvalue weighted by Gasteiger charge is -2.20. The highest BCUT2D eigenvalue weighted by Crippen LogP contribution is 2.35. The van der Waals surface area contributed by atoms with Crippen LogP contribution in [0, 0.1) is 5.82 Å². The Morgan fingerprint density at radius 1 is 1.19 bits per heavy atom. The summed E-state index contributed by atoms with van der Waals surface area (Å²) in [6.45, 7) is 0.655. The summed E-state index contributed by atoms with van der Waals surface area (Å²) in [4.78, 5) is 11.8. The molecule has 0 bridgehead atoms. The van der Waals surface area contributed by atoms with Crippen LogP contribution < -0.4 is 14.6 Å². The quantitative estimate of drug-likeness (QED) is 0.724. The van der Waals surface area contributed by atoms with Crippen molar-refractivity contribution in [1.82, 2.24) is 0 Å². The number of carbonyl (C=O) groups is 1. The summed E-state index contributed by atoms with van der Waals surface area (Å²) in [6, 6.07) is 5.98. The first-order valence-electron chi connectivity index (χ1n) is 7.33. The molecule has 26 heavy (non-hydrogen) atoms. The van der Waals surface area contributed by atoms with Crippen molar-refractivity contribution in [2.45, 2.75) is 11.5 Å². The number of benzene rings is 2. The summed E-state index contributed by atoms with van der Waals surface area (Å²) in [5.41, 5.74) is 0.0517. The van der Waals surface area contributed by atoms with E-state index in [1.807, 2.05) is 0 Å². The maximum absolute atomic E-state index is 13.9. The second-order valence-corrected chi connectivity index (χ2v) is 7.77. The van der Waals surface area contributed by atoms with Gasteiger partial charge in [-0.05, 0) is 30.3 Å². The van der Waals surface area contributed by atoms with Gasteiger partial charge in [-0.2, -0.15) is 0 Å². The summed E-state index contributed by atoms with van der Waals surface area (Å²) in [5.74, 6) is -0.864. The number of nitrogens with two attached hydrogens (primary N) is 1. The van der Waals surface area contributed by atoms with Gasteiger partial charge in [0.2, 0.25) is 10.0 Å². The standard InChI is InChI=1S/C16H13BrFNO6S/c17-12-7-15-14(23-3-4-24-15)5-9(12)8-25-16(20)11-6-10(26(19,21)22)1-2-13(11)18/h1-2,5-7H,3-4,8H2,(H2,19,21,22). The Morgan fingerprint density at radius 2 is 1.85 bits per heavy atom. The third-order valence-corrected chi connectivity index (χ3v) is 5.21. The number of hydrogen-bond donors (Lipinski definition) is 1. The van der Waals surface area contributed by atoms with E-state index in [0.29, 0.717) is 34.7 Å². The van der Waals surface area contributed by atoms with E-state index in [0.717, 1.165) is 18.2 Å². The molecule has 0 aliphatic carbocycles. The van der Waals surface area contributed by atoms with E-state index in [-0.39, 0.29) is 11.5 Å². The van der Waals surface area contributed by atoms with Crippen LogP contribution >= 0.6 is 15.9 Å². The molecule has 7 nitrogen and oxygen atoms in total. The zero-order chi connectivity index (χ0) is 18.9. The van der Waals surface area contributed by atoms with Crippen molar-refractivity contribution in [1.29, 1.82) is 0 Å². The van der Waals surface area contributed by atoms with Crippen molar-refractivity contribution in [3.05, 3.63) is 51.7 Å². The predicted molar refractivity (Wildman–Crippen MR) is 92.0 cm³/mol. The topological polar surface area (TPSA) is 105 Å². The SMILES string of the molecule is NS(=O)(=O)c1ccc(F)c(C(=O)OCc2cc3c(cc2Br)OCCO3)c1. The van der Waals surface area contributed by atoms with Crippen LogP contribution in [0.3, 0.4) is 0 Å². The van der Waals surface area contributed by atoms with Gasteiger partial charge < -0.3 is 14.2 Å². The minimum Gasteiger partial charge on any atom is -0.486 e. The molecule has 0 atom stereocenters. The number of primary sulfonamides is 1. The molecule has 0 unspecified atom stereocenters. The molecule has 0 aromatic heterocycles. The summed E-state index contributed by atoms with van der Waals surface area (Å²) in [6.07, 6.45) is 0. The Bertz CT molecular complexity index is 979. The van der Waals surface area contributed by atoms with E-state index in [4.69, 9.17) is 19.3 Å². The Kier molecular flexibility index (Phi) is 5.17. The lowest BCUT2D eigenvalue weighted by Crippen LogP contribution is -2.16. The maximum Gasteiger partial charge on any atom is 0.341 e. The number of sulfonamides is 1. The molecule has 3 rings (SSSR count). The van der Waals surface area contributed by atoms with Gasteiger partial charge >= 0.3 is 5.97 Å². The first-order valence-corrected chi connectivity index (χ1v) is 9.67. The number of carbonyl (C=O) groups excluding carboxylic acids is 1. The number of rotatable bonds is 4. The summed E-state index contributed by atoms with van der Waals surface area (Å²) >= 11 is 3.34. The molecule has 1 aliphatic rings. The molecule has 0 fully saturated rings. The van der Waals surface area contributed by atoms with Crippen LogP contribution in [0.2, 0.25) is 0 Å². The molecule has 0 radical (unpaired) electrons. The monoisotopic (exact) mass is 445 g/mol. The van der Waals surface area contributed by atoms with Gasteiger partial charge in [0.1, 0.15) is 25.6 Å². The molecular formula is C16H13BrFNO6S. The van der Waals surface area contributed by atoms with E-state index < -0.39 is 27.4 Å². The fraction of sp³-hybridized carbons (Fsp3) is 0.188. The van der Waals surface area contributed by atoms with Crippen LogP contribution in [0.25, 0.3) is 0 Å². The first-order chi connectivity index (χ1) is 12.3. The molecule has 2 N–H and O–H groups in total. The van der Waals surface area contributed by atoms with Crippen LogP contribution in [-0.4, -0.2) is 27.6 Å². The molecule has 0 saturated heterocycles. The molecule has 1 aliphatic heterocycles. The van der Waals surface area contributed by atoms with Crippen LogP contribution in [-0.2, 0) is 21.4 Å². The van der Waals surface area contributed by atoms with Gasteiger partial charge in [-0.1, -0.05) is 15.9 Å². The lowest BCUT2D eigenvalue weighted by molar-refractivity contribution is 0.0465. The van der Waals surface area contributed by atoms with Gasteiger partial charge in [0, 0.05) is 10.0 Å². The molecule has 2 aromatic rings. The minimum atomic E-state index is -4.07. The van der Waals surface area contributed by atoms with E-state index in [9.17, 15) is 17.6 Å². The van der Waals surface area contributed by atoms with Gasteiger partial charge in [-0.25, -0.2) is 22.7 Å². The molecule has 10 heteroatoms. The van der Waals surface area contributed by atoms with Crippen LogP contribution in [0.1, 0.15) is 15.9 Å².